The zero-order valence-corrected chi connectivity index (χ0v) is 5.99. The highest BCUT2D eigenvalue weighted by Gasteiger charge is 2.16. The Morgan fingerprint density at radius 2 is 2.00 bits per heavy atom. The van der Waals surface area contributed by atoms with Crippen LogP contribution in [0.5, 0.6) is 0 Å². The van der Waals surface area contributed by atoms with Crippen LogP contribution >= 0.6 is 12.2 Å². The van der Waals surface area contributed by atoms with E-state index in [0.29, 0.717) is 0 Å². The zero-order valence-electron chi connectivity index (χ0n) is 5.17. The predicted molar refractivity (Wildman–Crippen MR) is 38.8 cm³/mol. The van der Waals surface area contributed by atoms with E-state index in [2.05, 4.69) is 12.2 Å². The van der Waals surface area contributed by atoms with Gasteiger partial charge in [-0.05, 0) is 25.1 Å². The first-order valence-electron chi connectivity index (χ1n) is 3.11. The molecule has 0 aromatic rings. The molecule has 0 saturated carbocycles. The number of ether oxygens (including phenoxy) is 1. The highest BCUT2D eigenvalue weighted by molar-refractivity contribution is 7.80. The predicted octanol–water partition coefficient (Wildman–Crippen LogP) is 1.30. The van der Waals surface area contributed by atoms with Crippen molar-refractivity contribution in [3.8, 4) is 0 Å². The van der Waals surface area contributed by atoms with E-state index < -0.39 is 0 Å². The average Bonchev–Trinajstić information content (AvgIpc) is 1.90. The van der Waals surface area contributed by atoms with E-state index in [0.717, 1.165) is 26.1 Å². The Bertz CT molecular complexity index is 108. The molecule has 0 bridgehead atoms. The van der Waals surface area contributed by atoms with Crippen molar-refractivity contribution in [3.05, 3.63) is 0 Å². The fourth-order valence-corrected chi connectivity index (χ4v) is 1.18. The SMILES string of the molecule is OC(=S)C1CCOCC1. The second-order valence-corrected chi connectivity index (χ2v) is 2.64. The summed E-state index contributed by atoms with van der Waals surface area (Å²) in [5.74, 6) is 0.216. The van der Waals surface area contributed by atoms with E-state index in [1.807, 2.05) is 0 Å². The Labute approximate surface area is 59.8 Å². The van der Waals surface area contributed by atoms with Crippen LogP contribution in [0.4, 0.5) is 0 Å². The van der Waals surface area contributed by atoms with Gasteiger partial charge in [-0.15, -0.1) is 0 Å². The lowest BCUT2D eigenvalue weighted by atomic mass is 10.0. The number of hydrogen-bond acceptors (Lipinski definition) is 2. The Morgan fingerprint density at radius 3 is 2.33 bits per heavy atom. The van der Waals surface area contributed by atoms with Crippen molar-refractivity contribution in [1.82, 2.24) is 0 Å². The van der Waals surface area contributed by atoms with Crippen molar-refractivity contribution in [2.45, 2.75) is 12.8 Å². The first kappa shape index (κ1) is 6.96. The molecule has 0 aromatic heterocycles. The van der Waals surface area contributed by atoms with Gasteiger partial charge < -0.3 is 9.84 Å². The number of thiocarbonyl (C=S) groups is 1. The van der Waals surface area contributed by atoms with Gasteiger partial charge in [-0.3, -0.25) is 0 Å². The summed E-state index contributed by atoms with van der Waals surface area (Å²) in [5, 5.41) is 9.00. The summed E-state index contributed by atoms with van der Waals surface area (Å²) >= 11 is 4.62. The zero-order chi connectivity index (χ0) is 6.69. The lowest BCUT2D eigenvalue weighted by Crippen LogP contribution is -2.21. The van der Waals surface area contributed by atoms with Crippen molar-refractivity contribution in [1.29, 1.82) is 0 Å². The van der Waals surface area contributed by atoms with Crippen molar-refractivity contribution >= 4 is 17.3 Å². The van der Waals surface area contributed by atoms with Crippen LogP contribution in [0.3, 0.4) is 0 Å². The normalized spacial score (nSPS) is 21.8. The van der Waals surface area contributed by atoms with E-state index in [1.54, 1.807) is 0 Å². The Balaban J connectivity index is 2.31. The molecular formula is C6H10O2S. The van der Waals surface area contributed by atoms with Crippen LogP contribution in [-0.4, -0.2) is 23.4 Å². The average molecular weight is 146 g/mol. The van der Waals surface area contributed by atoms with Crippen LogP contribution in [0.2, 0.25) is 0 Å². The maximum atomic E-state index is 8.85. The van der Waals surface area contributed by atoms with Crippen molar-refractivity contribution < 1.29 is 9.84 Å². The summed E-state index contributed by atoms with van der Waals surface area (Å²) in [6.45, 7) is 1.48. The van der Waals surface area contributed by atoms with E-state index in [9.17, 15) is 0 Å². The maximum Gasteiger partial charge on any atom is 0.159 e. The van der Waals surface area contributed by atoms with Crippen molar-refractivity contribution in [3.63, 3.8) is 0 Å². The molecule has 1 aliphatic rings. The lowest BCUT2D eigenvalue weighted by molar-refractivity contribution is 0.0798. The third kappa shape index (κ3) is 1.91. The Morgan fingerprint density at radius 1 is 1.44 bits per heavy atom. The smallest absolute Gasteiger partial charge is 0.159 e. The van der Waals surface area contributed by atoms with Gasteiger partial charge in [0.2, 0.25) is 0 Å². The molecule has 1 aliphatic heterocycles. The molecule has 1 heterocycles. The van der Waals surface area contributed by atoms with E-state index in [1.165, 1.54) is 0 Å². The highest BCUT2D eigenvalue weighted by Crippen LogP contribution is 2.14. The van der Waals surface area contributed by atoms with Crippen LogP contribution in [-0.2, 0) is 4.74 Å². The Kier molecular flexibility index (Phi) is 2.42. The molecule has 9 heavy (non-hydrogen) atoms. The summed E-state index contributed by atoms with van der Waals surface area (Å²) in [4.78, 5) is 0. The molecular weight excluding hydrogens is 136 g/mol. The Hall–Kier alpha value is -0.150. The fourth-order valence-electron chi connectivity index (χ4n) is 0.945. The minimum absolute atomic E-state index is 0.151. The molecule has 0 atom stereocenters. The van der Waals surface area contributed by atoms with Gasteiger partial charge in [0.25, 0.3) is 0 Å². The summed E-state index contributed by atoms with van der Waals surface area (Å²) in [6, 6.07) is 0. The number of aliphatic hydroxyl groups is 1. The first-order chi connectivity index (χ1) is 4.30. The summed E-state index contributed by atoms with van der Waals surface area (Å²) in [6.07, 6.45) is 1.77. The van der Waals surface area contributed by atoms with Gasteiger partial charge in [0.05, 0.1) is 0 Å². The molecule has 0 amide bonds. The molecule has 0 spiro atoms. The van der Waals surface area contributed by atoms with Gasteiger partial charge in [-0.25, -0.2) is 0 Å². The van der Waals surface area contributed by atoms with Gasteiger partial charge in [0, 0.05) is 19.1 Å². The van der Waals surface area contributed by atoms with Crippen LogP contribution in [0.1, 0.15) is 12.8 Å². The van der Waals surface area contributed by atoms with Gasteiger partial charge in [0.1, 0.15) is 0 Å². The molecule has 1 rings (SSSR count). The number of rotatable bonds is 1. The van der Waals surface area contributed by atoms with Gasteiger partial charge in [0.15, 0.2) is 5.05 Å². The molecule has 1 fully saturated rings. The number of hydrogen-bond donors (Lipinski definition) is 1. The quantitative estimate of drug-likeness (QED) is 0.565. The largest absolute Gasteiger partial charge is 0.502 e. The maximum absolute atomic E-state index is 8.85. The number of aliphatic hydroxyl groups excluding tert-OH is 1. The second kappa shape index (κ2) is 3.13. The van der Waals surface area contributed by atoms with Crippen LogP contribution in [0.15, 0.2) is 0 Å². The minimum Gasteiger partial charge on any atom is -0.502 e. The van der Waals surface area contributed by atoms with Crippen LogP contribution in [0.25, 0.3) is 0 Å². The van der Waals surface area contributed by atoms with Crippen molar-refractivity contribution in [2.75, 3.05) is 13.2 Å². The van der Waals surface area contributed by atoms with Crippen LogP contribution in [0, 0.1) is 5.92 Å². The first-order valence-corrected chi connectivity index (χ1v) is 3.52. The lowest BCUT2D eigenvalue weighted by Gasteiger charge is -2.19. The van der Waals surface area contributed by atoms with Crippen molar-refractivity contribution in [2.24, 2.45) is 5.92 Å². The summed E-state index contributed by atoms with van der Waals surface area (Å²) in [5.41, 5.74) is 0. The monoisotopic (exact) mass is 146 g/mol. The molecule has 0 radical (unpaired) electrons. The van der Waals surface area contributed by atoms with Gasteiger partial charge >= 0.3 is 0 Å². The van der Waals surface area contributed by atoms with E-state index in [-0.39, 0.29) is 11.0 Å². The second-order valence-electron chi connectivity index (χ2n) is 2.22. The van der Waals surface area contributed by atoms with Gasteiger partial charge in [-0.2, -0.15) is 0 Å². The molecule has 1 N–H and O–H groups in total. The fraction of sp³-hybridized carbons (Fsp3) is 0.833. The molecule has 0 aliphatic carbocycles. The molecule has 2 nitrogen and oxygen atoms in total. The molecule has 0 aromatic carbocycles. The third-order valence-corrected chi connectivity index (χ3v) is 1.90. The topological polar surface area (TPSA) is 29.5 Å². The molecule has 1 saturated heterocycles. The minimum atomic E-state index is 0.151. The van der Waals surface area contributed by atoms with Gasteiger partial charge in [-0.1, -0.05) is 0 Å². The van der Waals surface area contributed by atoms with E-state index >= 15 is 0 Å². The van der Waals surface area contributed by atoms with E-state index in [4.69, 9.17) is 9.84 Å². The molecule has 0 unspecified atom stereocenters. The van der Waals surface area contributed by atoms with Crippen LogP contribution < -0.4 is 0 Å². The standard InChI is InChI=1S/C6H10O2S/c7-6(9)5-1-3-8-4-2-5/h5H,1-4H2,(H,7,9). The summed E-state index contributed by atoms with van der Waals surface area (Å²) in [7, 11) is 0. The highest BCUT2D eigenvalue weighted by atomic mass is 32.1. The molecule has 52 valence electrons. The third-order valence-electron chi connectivity index (χ3n) is 1.57. The molecule has 3 heteroatoms. The summed E-state index contributed by atoms with van der Waals surface area (Å²) < 4.78 is 5.08.